The lowest BCUT2D eigenvalue weighted by Gasteiger charge is -2.11. The molecule has 0 aliphatic carbocycles. The second-order valence-electron chi connectivity index (χ2n) is 9.29. The first-order valence-electron chi connectivity index (χ1n) is 15.0. The van der Waals surface area contributed by atoms with Crippen LogP contribution in [0.25, 0.3) is 0 Å². The molecule has 0 atom stereocenters. The van der Waals surface area contributed by atoms with Crippen molar-refractivity contribution in [2.75, 3.05) is 104 Å². The zero-order valence-corrected chi connectivity index (χ0v) is 25.5. The van der Waals surface area contributed by atoms with Gasteiger partial charge in [0.05, 0.1) is 52.9 Å². The van der Waals surface area contributed by atoms with E-state index in [0.29, 0.717) is 92.0 Å². The Kier molecular flexibility index (Phi) is 23.2. The molecule has 0 spiro atoms. The molecule has 0 saturated heterocycles. The number of nitrogens with zero attached hydrogens (tertiary/aromatic N) is 2. The van der Waals surface area contributed by atoms with Gasteiger partial charge in [0, 0.05) is 39.5 Å². The molecule has 0 aromatic carbocycles. The minimum Gasteiger partial charge on any atom is -0.382 e. The van der Waals surface area contributed by atoms with Gasteiger partial charge in [-0.2, -0.15) is 0 Å². The van der Waals surface area contributed by atoms with Crippen LogP contribution in [-0.2, 0) is 28.4 Å². The molecule has 2 amide bonds. The average Bonchev–Trinajstić information content (AvgIpc) is 2.98. The van der Waals surface area contributed by atoms with Crippen LogP contribution < -0.4 is 22.1 Å². The van der Waals surface area contributed by atoms with Crippen molar-refractivity contribution in [2.24, 2.45) is 0 Å². The summed E-state index contributed by atoms with van der Waals surface area (Å²) in [6.07, 6.45) is 5.50. The Morgan fingerprint density at radius 3 is 1.12 bits per heavy atom. The highest BCUT2D eigenvalue weighted by Crippen LogP contribution is 2.13. The molecule has 14 heteroatoms. The van der Waals surface area contributed by atoms with E-state index in [0.717, 1.165) is 38.9 Å². The first-order chi connectivity index (χ1) is 20.5. The minimum atomic E-state index is -0.532. The smallest absolute Gasteiger partial charge is 0.273 e. The first kappa shape index (κ1) is 37.4. The van der Waals surface area contributed by atoms with E-state index >= 15 is 0 Å². The number of nitrogens with two attached hydrogens (primary N) is 2. The fraction of sp³-hybridized carbons (Fsp3) is 0.786. The van der Waals surface area contributed by atoms with Crippen molar-refractivity contribution in [3.63, 3.8) is 0 Å². The van der Waals surface area contributed by atoms with Crippen LogP contribution in [0.2, 0.25) is 0 Å². The molecular weight excluding hydrogens is 548 g/mol. The maximum atomic E-state index is 12.5. The third-order valence-corrected chi connectivity index (χ3v) is 5.65. The number of hydrogen-bond acceptors (Lipinski definition) is 12. The number of aromatic nitrogens is 2. The molecule has 0 aliphatic rings. The van der Waals surface area contributed by atoms with Crippen LogP contribution in [0.3, 0.4) is 0 Å². The quantitative estimate of drug-likeness (QED) is 0.102. The van der Waals surface area contributed by atoms with Crippen LogP contribution in [0.1, 0.15) is 73.3 Å². The van der Waals surface area contributed by atoms with Gasteiger partial charge in [-0.05, 0) is 25.7 Å². The monoisotopic (exact) mass is 600 g/mol. The summed E-state index contributed by atoms with van der Waals surface area (Å²) in [7, 11) is 0. The number of unbranched alkanes of at least 4 members (excludes halogenated alkanes) is 2. The van der Waals surface area contributed by atoms with Crippen molar-refractivity contribution in [3.05, 3.63) is 11.4 Å². The third-order valence-electron chi connectivity index (χ3n) is 5.65. The van der Waals surface area contributed by atoms with Gasteiger partial charge in [0.2, 0.25) is 0 Å². The second kappa shape index (κ2) is 26.0. The Morgan fingerprint density at radius 1 is 0.524 bits per heavy atom. The molecule has 14 nitrogen and oxygen atoms in total. The molecule has 1 rings (SSSR count). The Hall–Kier alpha value is -2.62. The summed E-state index contributed by atoms with van der Waals surface area (Å²) in [5.74, 6) is -1.43. The molecule has 1 aromatic rings. The molecule has 242 valence electrons. The van der Waals surface area contributed by atoms with E-state index in [1.165, 1.54) is 0 Å². The lowest BCUT2D eigenvalue weighted by Crippen LogP contribution is -2.31. The SMILES string of the molecule is CCCCOCCOCCOCCCNC(=O)c1nc(N)c(C(=O)NCCCOCCOCCOCCCC)nc1N. The summed E-state index contributed by atoms with van der Waals surface area (Å²) in [4.78, 5) is 32.9. The summed E-state index contributed by atoms with van der Waals surface area (Å²) in [5.41, 5.74) is 11.5. The van der Waals surface area contributed by atoms with E-state index in [1.807, 2.05) is 0 Å². The van der Waals surface area contributed by atoms with E-state index in [-0.39, 0.29) is 23.0 Å². The molecule has 42 heavy (non-hydrogen) atoms. The number of anilines is 2. The number of rotatable bonds is 28. The van der Waals surface area contributed by atoms with Crippen molar-refractivity contribution >= 4 is 23.5 Å². The summed E-state index contributed by atoms with van der Waals surface area (Å²) < 4.78 is 32.7. The summed E-state index contributed by atoms with van der Waals surface area (Å²) in [5, 5.41) is 5.39. The molecule has 0 radical (unpaired) electrons. The Bertz CT molecular complexity index is 781. The maximum Gasteiger partial charge on any atom is 0.273 e. The molecule has 0 saturated carbocycles. The van der Waals surface area contributed by atoms with E-state index in [1.54, 1.807) is 0 Å². The first-order valence-corrected chi connectivity index (χ1v) is 15.0. The van der Waals surface area contributed by atoms with E-state index in [2.05, 4.69) is 34.4 Å². The zero-order chi connectivity index (χ0) is 30.7. The van der Waals surface area contributed by atoms with Crippen molar-refractivity contribution in [3.8, 4) is 0 Å². The summed E-state index contributed by atoms with van der Waals surface area (Å²) in [6.45, 7) is 11.5. The predicted octanol–water partition coefficient (Wildman–Crippen LogP) is 1.58. The van der Waals surface area contributed by atoms with Crippen molar-refractivity contribution in [2.45, 2.75) is 52.4 Å². The van der Waals surface area contributed by atoms with Gasteiger partial charge in [-0.1, -0.05) is 26.7 Å². The molecule has 1 heterocycles. The molecule has 0 aliphatic heterocycles. The summed E-state index contributed by atoms with van der Waals surface area (Å²) >= 11 is 0. The molecule has 6 N–H and O–H groups in total. The highest BCUT2D eigenvalue weighted by Gasteiger charge is 2.20. The van der Waals surface area contributed by atoms with Gasteiger partial charge in [-0.15, -0.1) is 0 Å². The minimum absolute atomic E-state index is 0.136. The van der Waals surface area contributed by atoms with E-state index in [4.69, 9.17) is 39.9 Å². The molecule has 0 bridgehead atoms. The van der Waals surface area contributed by atoms with Crippen LogP contribution in [0.15, 0.2) is 0 Å². The normalized spacial score (nSPS) is 11.1. The topological polar surface area (TPSA) is 191 Å². The highest BCUT2D eigenvalue weighted by atomic mass is 16.5. The number of hydrogen-bond donors (Lipinski definition) is 4. The van der Waals surface area contributed by atoms with Gasteiger partial charge in [0.15, 0.2) is 23.0 Å². The Morgan fingerprint density at radius 2 is 0.810 bits per heavy atom. The van der Waals surface area contributed by atoms with Crippen molar-refractivity contribution in [1.82, 2.24) is 20.6 Å². The van der Waals surface area contributed by atoms with Gasteiger partial charge in [-0.25, -0.2) is 9.97 Å². The number of carbonyl (C=O) groups is 2. The second-order valence-corrected chi connectivity index (χ2v) is 9.29. The number of ether oxygens (including phenoxy) is 6. The highest BCUT2D eigenvalue weighted by molar-refractivity contribution is 6.00. The molecule has 0 fully saturated rings. The number of nitrogen functional groups attached to an aromatic ring is 2. The van der Waals surface area contributed by atoms with Crippen LogP contribution in [0, 0.1) is 0 Å². The van der Waals surface area contributed by atoms with Gasteiger partial charge >= 0.3 is 0 Å². The Balaban J connectivity index is 2.15. The lowest BCUT2D eigenvalue weighted by molar-refractivity contribution is 0.0137. The number of carbonyl (C=O) groups excluding carboxylic acids is 2. The zero-order valence-electron chi connectivity index (χ0n) is 25.5. The van der Waals surface area contributed by atoms with E-state index < -0.39 is 11.8 Å². The molecular formula is C28H52N6O8. The van der Waals surface area contributed by atoms with Gasteiger partial charge in [-0.3, -0.25) is 9.59 Å². The standard InChI is InChI=1S/C28H52N6O8/c1-3-5-11-37-15-19-41-21-17-39-13-7-9-31-27(35)23-25(29)34-24(26(30)33-23)28(36)32-10-8-14-40-18-22-42-20-16-38-12-6-4-2/h3-22H2,1-2H3,(H2,30,33)(H2,29,34)(H,31,35)(H,32,36). The third kappa shape index (κ3) is 18.7. The average molecular weight is 601 g/mol. The van der Waals surface area contributed by atoms with Gasteiger partial charge < -0.3 is 50.5 Å². The largest absolute Gasteiger partial charge is 0.382 e. The van der Waals surface area contributed by atoms with Crippen LogP contribution in [-0.4, -0.2) is 114 Å². The van der Waals surface area contributed by atoms with Crippen LogP contribution in [0.4, 0.5) is 11.6 Å². The fourth-order valence-electron chi connectivity index (χ4n) is 3.29. The van der Waals surface area contributed by atoms with Gasteiger partial charge in [0.1, 0.15) is 0 Å². The number of amides is 2. The van der Waals surface area contributed by atoms with Crippen LogP contribution >= 0.6 is 0 Å². The lowest BCUT2D eigenvalue weighted by atomic mass is 10.3. The van der Waals surface area contributed by atoms with Crippen molar-refractivity contribution < 1.29 is 38.0 Å². The molecule has 1 aromatic heterocycles. The Labute approximate surface area is 249 Å². The predicted molar refractivity (Wildman–Crippen MR) is 159 cm³/mol. The number of nitrogens with one attached hydrogen (secondary N) is 2. The van der Waals surface area contributed by atoms with Crippen LogP contribution in [0.5, 0.6) is 0 Å². The van der Waals surface area contributed by atoms with Crippen molar-refractivity contribution in [1.29, 1.82) is 0 Å². The molecule has 0 unspecified atom stereocenters. The fourth-order valence-corrected chi connectivity index (χ4v) is 3.29. The summed E-state index contributed by atoms with van der Waals surface area (Å²) in [6, 6.07) is 0. The maximum absolute atomic E-state index is 12.5. The van der Waals surface area contributed by atoms with Gasteiger partial charge in [0.25, 0.3) is 11.8 Å². The van der Waals surface area contributed by atoms with E-state index in [9.17, 15) is 9.59 Å².